The van der Waals surface area contributed by atoms with Crippen LogP contribution in [0.1, 0.15) is 30.0 Å². The minimum absolute atomic E-state index is 0.0601. The summed E-state index contributed by atoms with van der Waals surface area (Å²) in [4.78, 5) is 26.5. The number of aryl methyl sites for hydroxylation is 1. The van der Waals surface area contributed by atoms with Crippen molar-refractivity contribution in [1.29, 1.82) is 0 Å². The Hall–Kier alpha value is -2.45. The van der Waals surface area contributed by atoms with Crippen LogP contribution < -0.4 is 0 Å². The van der Waals surface area contributed by atoms with Crippen molar-refractivity contribution in [2.24, 2.45) is 0 Å². The molecule has 7 nitrogen and oxygen atoms in total. The van der Waals surface area contributed by atoms with E-state index in [-0.39, 0.29) is 45.7 Å². The lowest BCUT2D eigenvalue weighted by Crippen LogP contribution is -2.49. The first-order chi connectivity index (χ1) is 13.3. The molecule has 28 heavy (non-hydrogen) atoms. The van der Waals surface area contributed by atoms with Gasteiger partial charge in [-0.05, 0) is 32.9 Å². The first-order valence-electron chi connectivity index (χ1n) is 8.79. The lowest BCUT2D eigenvalue weighted by molar-refractivity contribution is -0.146. The Labute approximate surface area is 166 Å². The van der Waals surface area contributed by atoms with Gasteiger partial charge in [-0.3, -0.25) is 4.79 Å². The number of hydrogen-bond donors (Lipinski definition) is 0. The smallest absolute Gasteiger partial charge is 0.344 e. The number of amides is 1. The Morgan fingerprint density at radius 2 is 2.00 bits per heavy atom. The molecule has 1 aliphatic heterocycles. The van der Waals surface area contributed by atoms with Crippen molar-refractivity contribution < 1.29 is 28.0 Å². The van der Waals surface area contributed by atoms with E-state index in [0.717, 1.165) is 0 Å². The maximum Gasteiger partial charge on any atom is 0.344 e. The Morgan fingerprint density at radius 3 is 2.64 bits per heavy atom. The number of ether oxygens (including phenoxy) is 2. The van der Waals surface area contributed by atoms with Gasteiger partial charge in [0, 0.05) is 13.1 Å². The molecule has 150 valence electrons. The Bertz CT molecular complexity index is 870. The van der Waals surface area contributed by atoms with Gasteiger partial charge < -0.3 is 18.9 Å². The molecule has 1 aliphatic rings. The van der Waals surface area contributed by atoms with Crippen molar-refractivity contribution in [3.63, 3.8) is 0 Å². The summed E-state index contributed by atoms with van der Waals surface area (Å²) in [7, 11) is 0. The van der Waals surface area contributed by atoms with E-state index in [4.69, 9.17) is 25.6 Å². The second-order valence-electron chi connectivity index (χ2n) is 6.69. The zero-order chi connectivity index (χ0) is 20.4. The van der Waals surface area contributed by atoms with E-state index in [0.29, 0.717) is 13.1 Å². The molecule has 0 radical (unpaired) electrons. The van der Waals surface area contributed by atoms with Gasteiger partial charge in [-0.2, -0.15) is 0 Å². The van der Waals surface area contributed by atoms with Crippen molar-refractivity contribution in [3.05, 3.63) is 40.4 Å². The van der Waals surface area contributed by atoms with Crippen LogP contribution in [0.3, 0.4) is 0 Å². The quantitative estimate of drug-likeness (QED) is 0.720. The van der Waals surface area contributed by atoms with Crippen LogP contribution in [0.25, 0.3) is 11.3 Å². The van der Waals surface area contributed by atoms with Gasteiger partial charge in [-0.15, -0.1) is 0 Å². The molecule has 1 aromatic heterocycles. The summed E-state index contributed by atoms with van der Waals surface area (Å²) in [5.74, 6) is -1.69. The average molecular weight is 411 g/mol. The number of aromatic nitrogens is 1. The highest BCUT2D eigenvalue weighted by Crippen LogP contribution is 2.33. The molecule has 2 aromatic rings. The van der Waals surface area contributed by atoms with E-state index < -0.39 is 18.4 Å². The fourth-order valence-corrected chi connectivity index (χ4v) is 3.43. The minimum atomic E-state index is -0.837. The van der Waals surface area contributed by atoms with Gasteiger partial charge in [0.05, 0.1) is 22.8 Å². The number of rotatable bonds is 4. The molecule has 0 spiro atoms. The largest absolute Gasteiger partial charge is 0.452 e. The van der Waals surface area contributed by atoms with Gasteiger partial charge >= 0.3 is 5.97 Å². The third-order valence-corrected chi connectivity index (χ3v) is 4.68. The summed E-state index contributed by atoms with van der Waals surface area (Å²) in [6.07, 6.45) is -0.197. The molecule has 2 heterocycles. The van der Waals surface area contributed by atoms with Gasteiger partial charge in [0.25, 0.3) is 5.91 Å². The molecule has 1 fully saturated rings. The van der Waals surface area contributed by atoms with Crippen LogP contribution >= 0.6 is 11.6 Å². The van der Waals surface area contributed by atoms with Gasteiger partial charge in [-0.25, -0.2) is 9.18 Å². The third-order valence-electron chi connectivity index (χ3n) is 4.37. The molecule has 9 heteroatoms. The normalized spacial score (nSPS) is 19.5. The molecule has 0 N–H and O–H groups in total. The van der Waals surface area contributed by atoms with Gasteiger partial charge in [0.2, 0.25) is 0 Å². The summed E-state index contributed by atoms with van der Waals surface area (Å²) in [5, 5.41) is 3.83. The summed E-state index contributed by atoms with van der Waals surface area (Å²) in [6.45, 7) is 5.62. The molecule has 0 aliphatic carbocycles. The maximum absolute atomic E-state index is 14.2. The van der Waals surface area contributed by atoms with Crippen LogP contribution in [0.15, 0.2) is 22.7 Å². The number of nitrogens with zero attached hydrogens (tertiary/aromatic N) is 2. The van der Waals surface area contributed by atoms with E-state index >= 15 is 0 Å². The van der Waals surface area contributed by atoms with Crippen LogP contribution in [0.5, 0.6) is 0 Å². The van der Waals surface area contributed by atoms with Gasteiger partial charge in [0.1, 0.15) is 22.8 Å². The predicted molar refractivity (Wildman–Crippen MR) is 98.5 cm³/mol. The monoisotopic (exact) mass is 410 g/mol. The predicted octanol–water partition coefficient (Wildman–Crippen LogP) is 3.24. The van der Waals surface area contributed by atoms with Crippen molar-refractivity contribution in [2.45, 2.75) is 33.0 Å². The summed E-state index contributed by atoms with van der Waals surface area (Å²) in [5.41, 5.74) is -0.190. The van der Waals surface area contributed by atoms with E-state index in [1.807, 2.05) is 13.8 Å². The van der Waals surface area contributed by atoms with E-state index in [1.54, 1.807) is 4.90 Å². The van der Waals surface area contributed by atoms with E-state index in [2.05, 4.69) is 5.16 Å². The molecule has 1 aromatic carbocycles. The van der Waals surface area contributed by atoms with E-state index in [9.17, 15) is 14.0 Å². The Kier molecular flexibility index (Phi) is 6.00. The molecule has 3 rings (SSSR count). The number of esters is 1. The first-order valence-corrected chi connectivity index (χ1v) is 9.16. The summed E-state index contributed by atoms with van der Waals surface area (Å²) in [6, 6.07) is 4.11. The number of carbonyl (C=O) groups is 2. The topological polar surface area (TPSA) is 81.9 Å². The number of carbonyl (C=O) groups excluding carboxylic acids is 2. The van der Waals surface area contributed by atoms with E-state index in [1.165, 1.54) is 25.1 Å². The molecule has 1 amide bonds. The standard InChI is InChI=1S/C19H20ClFN2O5/c1-10-7-23(8-11(2)27-10)15(24)9-26-19(25)16-12(3)28-22-18(16)17-13(20)5-4-6-14(17)21/h4-6,10-11H,7-9H2,1-3H3. The molecule has 1 saturated heterocycles. The fourth-order valence-electron chi connectivity index (χ4n) is 3.18. The summed E-state index contributed by atoms with van der Waals surface area (Å²) < 4.78 is 30.0. The van der Waals surface area contributed by atoms with Crippen LogP contribution in [0.2, 0.25) is 5.02 Å². The first kappa shape index (κ1) is 20.3. The van der Waals surface area contributed by atoms with Crippen LogP contribution in [0.4, 0.5) is 4.39 Å². The minimum Gasteiger partial charge on any atom is -0.452 e. The number of hydrogen-bond acceptors (Lipinski definition) is 6. The average Bonchev–Trinajstić information content (AvgIpc) is 2.99. The zero-order valence-corrected chi connectivity index (χ0v) is 16.5. The molecule has 2 atom stereocenters. The summed E-state index contributed by atoms with van der Waals surface area (Å²) >= 11 is 6.06. The van der Waals surface area contributed by atoms with Crippen LogP contribution in [-0.4, -0.2) is 53.8 Å². The van der Waals surface area contributed by atoms with Crippen molar-refractivity contribution in [1.82, 2.24) is 10.1 Å². The lowest BCUT2D eigenvalue weighted by Gasteiger charge is -2.35. The van der Waals surface area contributed by atoms with Gasteiger partial charge in [-0.1, -0.05) is 22.8 Å². The molecule has 2 unspecified atom stereocenters. The molecular weight excluding hydrogens is 391 g/mol. The lowest BCUT2D eigenvalue weighted by atomic mass is 10.1. The fraction of sp³-hybridized carbons (Fsp3) is 0.421. The SMILES string of the molecule is Cc1onc(-c2c(F)cccc2Cl)c1C(=O)OCC(=O)N1CC(C)OC(C)C1. The zero-order valence-electron chi connectivity index (χ0n) is 15.7. The highest BCUT2D eigenvalue weighted by molar-refractivity contribution is 6.33. The Balaban J connectivity index is 1.75. The number of halogens is 2. The number of benzene rings is 1. The molecule has 0 bridgehead atoms. The maximum atomic E-state index is 14.2. The third kappa shape index (κ3) is 4.18. The second kappa shape index (κ2) is 8.28. The van der Waals surface area contributed by atoms with Gasteiger partial charge in [0.15, 0.2) is 6.61 Å². The highest BCUT2D eigenvalue weighted by Gasteiger charge is 2.29. The molecular formula is C19H20ClFN2O5. The van der Waals surface area contributed by atoms with Crippen molar-refractivity contribution in [2.75, 3.05) is 19.7 Å². The van der Waals surface area contributed by atoms with Crippen molar-refractivity contribution >= 4 is 23.5 Å². The van der Waals surface area contributed by atoms with Crippen LogP contribution in [0, 0.1) is 12.7 Å². The van der Waals surface area contributed by atoms with Crippen molar-refractivity contribution in [3.8, 4) is 11.3 Å². The molecule has 0 saturated carbocycles. The van der Waals surface area contributed by atoms with Crippen LogP contribution in [-0.2, 0) is 14.3 Å². The second-order valence-corrected chi connectivity index (χ2v) is 7.10. The Morgan fingerprint density at radius 1 is 1.32 bits per heavy atom. The highest BCUT2D eigenvalue weighted by atomic mass is 35.5. The number of morpholine rings is 1.